The summed E-state index contributed by atoms with van der Waals surface area (Å²) >= 11 is 1.59. The van der Waals surface area contributed by atoms with Crippen LogP contribution in [-0.2, 0) is 16.4 Å². The van der Waals surface area contributed by atoms with E-state index in [1.807, 2.05) is 44.3 Å². The average Bonchev–Trinajstić information content (AvgIpc) is 3.28. The molecule has 0 unspecified atom stereocenters. The summed E-state index contributed by atoms with van der Waals surface area (Å²) in [6.07, 6.45) is 2.20. The smallest absolute Gasteiger partial charge is 0.255 e. The zero-order valence-electron chi connectivity index (χ0n) is 22.3. The van der Waals surface area contributed by atoms with Crippen LogP contribution in [0.1, 0.15) is 29.3 Å². The van der Waals surface area contributed by atoms with Crippen LogP contribution in [0.25, 0.3) is 22.4 Å². The number of halogens is 1. The van der Waals surface area contributed by atoms with Gasteiger partial charge in [-0.25, -0.2) is 17.1 Å². The minimum atomic E-state index is -3.67. The largest absolute Gasteiger partial charge is 0.437 e. The third-order valence-electron chi connectivity index (χ3n) is 6.16. The van der Waals surface area contributed by atoms with Gasteiger partial charge in [-0.1, -0.05) is 25.1 Å². The zero-order chi connectivity index (χ0) is 28.2. The van der Waals surface area contributed by atoms with E-state index in [2.05, 4.69) is 14.6 Å². The number of nitrogens with zero attached hydrogens (tertiary/aromatic N) is 3. The minimum Gasteiger partial charge on any atom is -0.437 e. The van der Waals surface area contributed by atoms with E-state index in [1.165, 1.54) is 35.6 Å². The van der Waals surface area contributed by atoms with Gasteiger partial charge in [0.1, 0.15) is 17.4 Å². The fraction of sp³-hybridized carbons (Fsp3) is 0.286. The van der Waals surface area contributed by atoms with Crippen molar-refractivity contribution in [2.24, 2.45) is 0 Å². The van der Waals surface area contributed by atoms with Crippen LogP contribution in [0.5, 0.6) is 0 Å². The summed E-state index contributed by atoms with van der Waals surface area (Å²) in [6, 6.07) is 17.3. The first-order chi connectivity index (χ1) is 18.6. The maximum atomic E-state index is 13.6. The average molecular weight is 571 g/mol. The van der Waals surface area contributed by atoms with Gasteiger partial charge in [0.2, 0.25) is 15.7 Å². The molecule has 0 aliphatic rings. The van der Waals surface area contributed by atoms with Crippen LogP contribution in [0, 0.1) is 5.82 Å². The molecule has 0 spiro atoms. The van der Waals surface area contributed by atoms with E-state index in [9.17, 15) is 17.6 Å². The second-order valence-electron chi connectivity index (χ2n) is 9.01. The van der Waals surface area contributed by atoms with Crippen molar-refractivity contribution < 1.29 is 22.0 Å². The van der Waals surface area contributed by atoms with Gasteiger partial charge < -0.3 is 9.73 Å². The molecule has 1 amide bonds. The number of pyridine rings is 1. The van der Waals surface area contributed by atoms with Crippen LogP contribution in [0.3, 0.4) is 0 Å². The van der Waals surface area contributed by atoms with Crippen molar-refractivity contribution in [1.29, 1.82) is 0 Å². The molecule has 2 aromatic heterocycles. The van der Waals surface area contributed by atoms with E-state index >= 15 is 0 Å². The van der Waals surface area contributed by atoms with Crippen molar-refractivity contribution in [3.8, 4) is 11.3 Å². The number of nitrogens with one attached hydrogen (secondary N) is 1. The highest BCUT2D eigenvalue weighted by Crippen LogP contribution is 2.36. The van der Waals surface area contributed by atoms with Crippen LogP contribution < -0.4 is 9.62 Å². The van der Waals surface area contributed by atoms with E-state index < -0.39 is 15.8 Å². The maximum Gasteiger partial charge on any atom is 0.255 e. The molecule has 8 nitrogen and oxygen atoms in total. The highest BCUT2D eigenvalue weighted by Gasteiger charge is 2.27. The monoisotopic (exact) mass is 570 g/mol. The van der Waals surface area contributed by atoms with Crippen molar-refractivity contribution in [2.75, 3.05) is 37.7 Å². The Morgan fingerprint density at radius 3 is 2.41 bits per heavy atom. The van der Waals surface area contributed by atoms with Gasteiger partial charge in [0, 0.05) is 30.6 Å². The quantitative estimate of drug-likeness (QED) is 0.243. The highest BCUT2D eigenvalue weighted by atomic mass is 32.2. The number of furan rings is 1. The summed E-state index contributed by atoms with van der Waals surface area (Å²) in [5, 5.41) is 3.08. The Bertz CT molecular complexity index is 1560. The molecule has 1 N–H and O–H groups in total. The Kier molecular flexibility index (Phi) is 8.94. The molecular weight excluding hydrogens is 539 g/mol. The molecule has 0 radical (unpaired) electrons. The van der Waals surface area contributed by atoms with Gasteiger partial charge in [0.05, 0.1) is 17.2 Å². The molecule has 4 rings (SSSR count). The lowest BCUT2D eigenvalue weighted by molar-refractivity contribution is 0.0964. The lowest BCUT2D eigenvalue weighted by Crippen LogP contribution is -2.33. The third kappa shape index (κ3) is 6.60. The Morgan fingerprint density at radius 1 is 1.10 bits per heavy atom. The SMILES string of the molecule is CCc1cc2c(C(=O)NC)c(-c3ccc(F)cc3)oc2nc1N(CCCN(C)Sc1ccccc1)S(C)(=O)=O. The number of benzene rings is 2. The van der Waals surface area contributed by atoms with Crippen LogP contribution >= 0.6 is 11.9 Å². The van der Waals surface area contributed by atoms with E-state index in [0.717, 1.165) is 11.2 Å². The summed E-state index contributed by atoms with van der Waals surface area (Å²) in [5.74, 6) is -0.291. The number of aromatic nitrogens is 1. The van der Waals surface area contributed by atoms with Crippen LogP contribution in [0.4, 0.5) is 10.2 Å². The molecule has 206 valence electrons. The summed E-state index contributed by atoms with van der Waals surface area (Å²) in [6.45, 7) is 2.76. The number of hydrogen-bond acceptors (Lipinski definition) is 7. The molecule has 2 aromatic carbocycles. The second-order valence-corrected chi connectivity index (χ2v) is 12.2. The van der Waals surface area contributed by atoms with Crippen molar-refractivity contribution in [1.82, 2.24) is 14.6 Å². The number of amides is 1. The highest BCUT2D eigenvalue weighted by molar-refractivity contribution is 7.97. The molecule has 2 heterocycles. The first-order valence-electron chi connectivity index (χ1n) is 12.5. The van der Waals surface area contributed by atoms with E-state index in [0.29, 0.717) is 35.9 Å². The Morgan fingerprint density at radius 2 is 1.79 bits per heavy atom. The van der Waals surface area contributed by atoms with Crippen LogP contribution in [0.2, 0.25) is 0 Å². The number of anilines is 1. The maximum absolute atomic E-state index is 13.6. The fourth-order valence-electron chi connectivity index (χ4n) is 4.26. The number of carbonyl (C=O) groups is 1. The van der Waals surface area contributed by atoms with Crippen LogP contribution in [-0.4, -0.2) is 57.1 Å². The van der Waals surface area contributed by atoms with Crippen molar-refractivity contribution in [3.05, 3.63) is 77.6 Å². The minimum absolute atomic E-state index is 0.130. The standard InChI is InChI=1S/C28H31FN4O4S2/c1-5-19-18-23-24(27(34)30-2)25(20-12-14-21(29)15-13-20)37-28(23)31-26(19)33(39(4,35)36)17-9-16-32(3)38-22-10-7-6-8-11-22/h6-8,10-15,18H,5,9,16-17H2,1-4H3,(H,30,34). The number of sulfonamides is 1. The number of carbonyl (C=O) groups excluding carboxylic acids is 1. The molecule has 0 atom stereocenters. The van der Waals surface area contributed by atoms with Gasteiger partial charge in [0.15, 0.2) is 0 Å². The fourth-order valence-corrected chi connectivity index (χ4v) is 6.05. The Hall–Kier alpha value is -3.41. The summed E-state index contributed by atoms with van der Waals surface area (Å²) in [7, 11) is -0.201. The van der Waals surface area contributed by atoms with Crippen molar-refractivity contribution in [2.45, 2.75) is 24.7 Å². The molecule has 0 bridgehead atoms. The lowest BCUT2D eigenvalue weighted by atomic mass is 10.0. The first kappa shape index (κ1) is 28.6. The summed E-state index contributed by atoms with van der Waals surface area (Å²) < 4.78 is 48.8. The lowest BCUT2D eigenvalue weighted by Gasteiger charge is -2.24. The molecule has 39 heavy (non-hydrogen) atoms. The number of fused-ring (bicyclic) bond motifs is 1. The molecular formula is C28H31FN4O4S2. The van der Waals surface area contributed by atoms with Crippen molar-refractivity contribution in [3.63, 3.8) is 0 Å². The van der Waals surface area contributed by atoms with Crippen LogP contribution in [0.15, 0.2) is 70.0 Å². The Labute approximate surface area is 232 Å². The summed E-state index contributed by atoms with van der Waals surface area (Å²) in [4.78, 5) is 18.6. The van der Waals surface area contributed by atoms with E-state index in [1.54, 1.807) is 18.0 Å². The zero-order valence-corrected chi connectivity index (χ0v) is 23.9. The second kappa shape index (κ2) is 12.2. The van der Waals surface area contributed by atoms with Gasteiger partial charge in [-0.15, -0.1) is 0 Å². The number of hydrogen-bond donors (Lipinski definition) is 1. The number of rotatable bonds is 11. The van der Waals surface area contributed by atoms with Crippen molar-refractivity contribution >= 4 is 44.8 Å². The molecule has 0 saturated heterocycles. The molecule has 0 saturated carbocycles. The predicted molar refractivity (Wildman–Crippen MR) is 154 cm³/mol. The van der Waals surface area contributed by atoms with Gasteiger partial charge in [-0.05, 0) is 79.9 Å². The normalized spacial score (nSPS) is 11.7. The van der Waals surface area contributed by atoms with Gasteiger partial charge >= 0.3 is 0 Å². The topological polar surface area (TPSA) is 95.8 Å². The molecule has 0 aliphatic heterocycles. The number of aryl methyl sites for hydroxylation is 1. The predicted octanol–water partition coefficient (Wildman–Crippen LogP) is 5.35. The van der Waals surface area contributed by atoms with E-state index in [4.69, 9.17) is 4.42 Å². The molecule has 11 heteroatoms. The molecule has 0 fully saturated rings. The third-order valence-corrected chi connectivity index (χ3v) is 8.29. The Balaban J connectivity index is 1.69. The van der Waals surface area contributed by atoms with Gasteiger partial charge in [-0.3, -0.25) is 9.10 Å². The molecule has 4 aromatic rings. The molecule has 0 aliphatic carbocycles. The van der Waals surface area contributed by atoms with Gasteiger partial charge in [-0.2, -0.15) is 4.98 Å². The summed E-state index contributed by atoms with van der Waals surface area (Å²) in [5.41, 5.74) is 1.56. The van der Waals surface area contributed by atoms with E-state index in [-0.39, 0.29) is 35.3 Å². The first-order valence-corrected chi connectivity index (χ1v) is 15.1. The van der Waals surface area contributed by atoms with Gasteiger partial charge in [0.25, 0.3) is 5.91 Å².